The summed E-state index contributed by atoms with van der Waals surface area (Å²) in [5.74, 6) is -2.98. The fourth-order valence-corrected chi connectivity index (χ4v) is 3.39. The predicted octanol–water partition coefficient (Wildman–Crippen LogP) is 0.420. The Morgan fingerprint density at radius 3 is 2.30 bits per heavy atom. The van der Waals surface area contributed by atoms with E-state index < -0.39 is 64.9 Å². The van der Waals surface area contributed by atoms with E-state index in [9.17, 15) is 40.5 Å². The third kappa shape index (κ3) is 4.01. The molecule has 2 heterocycles. The first kappa shape index (κ1) is 22.6. The van der Waals surface area contributed by atoms with Gasteiger partial charge in [-0.3, -0.25) is 4.79 Å². The monoisotopic (exact) mass is 464 g/mol. The van der Waals surface area contributed by atoms with Crippen LogP contribution in [0.15, 0.2) is 39.5 Å². The summed E-state index contributed by atoms with van der Waals surface area (Å²) in [4.78, 5) is 23.3. The second-order valence-corrected chi connectivity index (χ2v) is 7.49. The lowest BCUT2D eigenvalue weighted by molar-refractivity contribution is -0.383. The largest absolute Gasteiger partial charge is 0.508 e. The van der Waals surface area contributed by atoms with E-state index in [1.54, 1.807) is 0 Å². The number of hydrogen-bond acceptors (Lipinski definition) is 12. The van der Waals surface area contributed by atoms with Crippen molar-refractivity contribution in [2.24, 2.45) is 0 Å². The van der Waals surface area contributed by atoms with E-state index in [0.717, 1.165) is 24.3 Å². The zero-order valence-corrected chi connectivity index (χ0v) is 16.9. The highest BCUT2D eigenvalue weighted by molar-refractivity contribution is 5.88. The number of hydrogen-bond donors (Lipinski definition) is 7. The fourth-order valence-electron chi connectivity index (χ4n) is 3.39. The van der Waals surface area contributed by atoms with Crippen molar-refractivity contribution in [3.8, 4) is 40.1 Å². The average molecular weight is 464 g/mol. The summed E-state index contributed by atoms with van der Waals surface area (Å²) in [6, 6.07) is 5.43. The van der Waals surface area contributed by atoms with Crippen LogP contribution in [0, 0.1) is 0 Å². The maximum absolute atomic E-state index is 13.1. The molecule has 33 heavy (non-hydrogen) atoms. The van der Waals surface area contributed by atoms with Crippen molar-refractivity contribution >= 4 is 11.0 Å². The Kier molecular flexibility index (Phi) is 5.78. The minimum Gasteiger partial charge on any atom is -0.508 e. The van der Waals surface area contributed by atoms with Crippen LogP contribution in [0.25, 0.3) is 22.3 Å². The van der Waals surface area contributed by atoms with Gasteiger partial charge in [-0.15, -0.1) is 0 Å². The molecule has 12 heteroatoms. The first-order valence-corrected chi connectivity index (χ1v) is 9.66. The summed E-state index contributed by atoms with van der Waals surface area (Å²) >= 11 is 0. The van der Waals surface area contributed by atoms with Gasteiger partial charge in [-0.25, -0.2) is 0 Å². The van der Waals surface area contributed by atoms with Crippen LogP contribution in [0.5, 0.6) is 28.7 Å². The Hall–Kier alpha value is -3.55. The van der Waals surface area contributed by atoms with Gasteiger partial charge < -0.3 is 49.8 Å². The SMILES string of the molecule is C[C@H]1O[C@@H](OOc2c(-c3ccc(O)c(O)c3)oc3cc(O)cc(O)c3c2=O)[C@H](O)[C@@H](O)[C@@H]1O. The quantitative estimate of drug-likeness (QED) is 0.160. The standard InChI is InChI=1S/C21H20O12/c1-7-15(26)17(28)18(29)21(30-7)33-32-20-16(27)14-12(25)5-9(22)6-13(14)31-19(20)8-2-3-10(23)11(24)4-8/h2-7,15,17-18,21-26,28-29H,1H3/t7-,15-,17+,18-,21+/m1/s1. The van der Waals surface area contributed by atoms with Crippen molar-refractivity contribution in [2.75, 3.05) is 0 Å². The first-order chi connectivity index (χ1) is 15.6. The maximum Gasteiger partial charge on any atom is 0.256 e. The molecule has 0 unspecified atom stereocenters. The van der Waals surface area contributed by atoms with Crippen molar-refractivity contribution < 1.29 is 54.7 Å². The highest BCUT2D eigenvalue weighted by atomic mass is 17.2. The lowest BCUT2D eigenvalue weighted by Crippen LogP contribution is -2.57. The molecule has 12 nitrogen and oxygen atoms in total. The molecule has 4 rings (SSSR count). The van der Waals surface area contributed by atoms with E-state index in [2.05, 4.69) is 0 Å². The van der Waals surface area contributed by atoms with Gasteiger partial charge in [0.25, 0.3) is 5.75 Å². The lowest BCUT2D eigenvalue weighted by Gasteiger charge is -2.37. The number of benzene rings is 2. The molecule has 1 aliphatic heterocycles. The molecular weight excluding hydrogens is 444 g/mol. The minimum absolute atomic E-state index is 0.0414. The third-order valence-corrected chi connectivity index (χ3v) is 5.19. The van der Waals surface area contributed by atoms with Crippen molar-refractivity contribution in [1.82, 2.24) is 0 Å². The van der Waals surface area contributed by atoms with Crippen molar-refractivity contribution in [3.63, 3.8) is 0 Å². The number of aliphatic hydroxyl groups excluding tert-OH is 3. The zero-order chi connectivity index (χ0) is 24.0. The van der Waals surface area contributed by atoms with Gasteiger partial charge in [0.15, 0.2) is 17.3 Å². The van der Waals surface area contributed by atoms with Crippen LogP contribution in [-0.2, 0) is 9.62 Å². The molecule has 0 bridgehead atoms. The Labute approximate surface area is 184 Å². The van der Waals surface area contributed by atoms with E-state index in [1.807, 2.05) is 0 Å². The van der Waals surface area contributed by atoms with Crippen molar-refractivity contribution in [2.45, 2.75) is 37.6 Å². The van der Waals surface area contributed by atoms with Crippen molar-refractivity contribution in [1.29, 1.82) is 0 Å². The van der Waals surface area contributed by atoms with Crippen LogP contribution < -0.4 is 10.3 Å². The molecule has 176 valence electrons. The van der Waals surface area contributed by atoms with Crippen LogP contribution in [0.2, 0.25) is 0 Å². The number of aliphatic hydroxyl groups is 3. The Balaban J connectivity index is 1.81. The molecule has 5 atom stereocenters. The molecule has 1 aliphatic rings. The molecular formula is C21H20O12. The number of fused-ring (bicyclic) bond motifs is 1. The zero-order valence-electron chi connectivity index (χ0n) is 16.9. The van der Waals surface area contributed by atoms with E-state index >= 15 is 0 Å². The highest BCUT2D eigenvalue weighted by Gasteiger charge is 2.43. The smallest absolute Gasteiger partial charge is 0.256 e. The first-order valence-electron chi connectivity index (χ1n) is 9.66. The number of phenolic OH excluding ortho intramolecular Hbond substituents is 4. The highest BCUT2D eigenvalue weighted by Crippen LogP contribution is 2.38. The van der Waals surface area contributed by atoms with Crippen LogP contribution in [-0.4, -0.2) is 66.5 Å². The Bertz CT molecular complexity index is 1250. The summed E-state index contributed by atoms with van der Waals surface area (Å²) in [7, 11) is 0. The number of phenols is 4. The Morgan fingerprint density at radius 1 is 0.879 bits per heavy atom. The summed E-state index contributed by atoms with van der Waals surface area (Å²) < 4.78 is 10.9. The minimum atomic E-state index is -1.74. The molecule has 0 saturated carbocycles. The van der Waals surface area contributed by atoms with E-state index in [1.165, 1.54) is 13.0 Å². The van der Waals surface area contributed by atoms with Gasteiger partial charge in [0.05, 0.1) is 6.10 Å². The lowest BCUT2D eigenvalue weighted by atomic mass is 10.0. The van der Waals surface area contributed by atoms with Crippen molar-refractivity contribution in [3.05, 3.63) is 40.6 Å². The van der Waals surface area contributed by atoms with E-state index in [4.69, 9.17) is 18.9 Å². The molecule has 2 aromatic carbocycles. The van der Waals surface area contributed by atoms with Gasteiger partial charge in [-0.1, -0.05) is 0 Å². The number of rotatable bonds is 4. The summed E-state index contributed by atoms with van der Waals surface area (Å²) in [5.41, 5.74) is -1.14. The normalized spacial score (nSPS) is 25.3. The summed E-state index contributed by atoms with van der Waals surface area (Å²) in [5, 5.41) is 68.8. The van der Waals surface area contributed by atoms with Crippen LogP contribution in [0.4, 0.5) is 0 Å². The van der Waals surface area contributed by atoms with Gasteiger partial charge in [0.2, 0.25) is 11.7 Å². The Morgan fingerprint density at radius 2 is 1.61 bits per heavy atom. The molecule has 0 aliphatic carbocycles. The van der Waals surface area contributed by atoms with E-state index in [0.29, 0.717) is 0 Å². The van der Waals surface area contributed by atoms with Crippen LogP contribution >= 0.6 is 0 Å². The molecule has 0 spiro atoms. The molecule has 0 amide bonds. The third-order valence-electron chi connectivity index (χ3n) is 5.19. The molecule has 1 fully saturated rings. The molecule has 3 aromatic rings. The topological polar surface area (TPSA) is 200 Å². The van der Waals surface area contributed by atoms with Gasteiger partial charge in [-0.2, -0.15) is 4.89 Å². The second-order valence-electron chi connectivity index (χ2n) is 7.49. The molecule has 1 aromatic heterocycles. The van der Waals surface area contributed by atoms with Gasteiger partial charge in [-0.05, 0) is 25.1 Å². The van der Waals surface area contributed by atoms with E-state index in [-0.39, 0.29) is 22.3 Å². The number of aromatic hydroxyl groups is 4. The summed E-state index contributed by atoms with van der Waals surface area (Å²) in [6.45, 7) is 1.41. The molecule has 7 N–H and O–H groups in total. The molecule has 1 saturated heterocycles. The van der Waals surface area contributed by atoms with Gasteiger partial charge in [0, 0.05) is 17.7 Å². The van der Waals surface area contributed by atoms with Gasteiger partial charge >= 0.3 is 0 Å². The van der Waals surface area contributed by atoms with Gasteiger partial charge in [0.1, 0.15) is 40.8 Å². The second kappa shape index (κ2) is 8.42. The number of ether oxygens (including phenoxy) is 1. The summed E-state index contributed by atoms with van der Waals surface area (Å²) in [6.07, 6.45) is -7.34. The average Bonchev–Trinajstić information content (AvgIpc) is 2.76. The predicted molar refractivity (Wildman–Crippen MR) is 109 cm³/mol. The van der Waals surface area contributed by atoms with Crippen LogP contribution in [0.1, 0.15) is 6.92 Å². The fraction of sp³-hybridized carbons (Fsp3) is 0.286. The van der Waals surface area contributed by atoms with Crippen LogP contribution in [0.3, 0.4) is 0 Å². The molecule has 0 radical (unpaired) electrons. The maximum atomic E-state index is 13.1.